The monoisotopic (exact) mass is 389 g/mol. The van der Waals surface area contributed by atoms with Crippen molar-refractivity contribution in [3.63, 3.8) is 0 Å². The van der Waals surface area contributed by atoms with E-state index in [1.807, 2.05) is 0 Å². The fraction of sp³-hybridized carbons (Fsp3) is 0.172. The van der Waals surface area contributed by atoms with Gasteiger partial charge in [-0.1, -0.05) is 72.8 Å². The zero-order valence-corrected chi connectivity index (χ0v) is 17.7. The van der Waals surface area contributed by atoms with E-state index in [4.69, 9.17) is 0 Å². The fourth-order valence-electron chi connectivity index (χ4n) is 4.83. The van der Waals surface area contributed by atoms with E-state index in [0.717, 1.165) is 19.5 Å². The SMILES string of the molecule is CCN(CC)c1cccc2c1Cc1c(-c3ccccc3)cc(-c3ccccc3)cc1-2. The minimum absolute atomic E-state index is 0.997. The zero-order valence-electron chi connectivity index (χ0n) is 17.7. The lowest BCUT2D eigenvalue weighted by atomic mass is 9.91. The first-order chi connectivity index (χ1) is 14.8. The molecular weight excluding hydrogens is 362 g/mol. The molecule has 0 bridgehead atoms. The van der Waals surface area contributed by atoms with Crippen LogP contribution >= 0.6 is 0 Å². The first kappa shape index (κ1) is 18.7. The van der Waals surface area contributed by atoms with Crippen molar-refractivity contribution in [2.24, 2.45) is 0 Å². The third-order valence-electron chi connectivity index (χ3n) is 6.34. The van der Waals surface area contributed by atoms with Gasteiger partial charge in [0.05, 0.1) is 0 Å². The lowest BCUT2D eigenvalue weighted by Crippen LogP contribution is -2.23. The molecule has 30 heavy (non-hydrogen) atoms. The summed E-state index contributed by atoms with van der Waals surface area (Å²) in [5, 5.41) is 0. The van der Waals surface area contributed by atoms with Crippen molar-refractivity contribution in [1.29, 1.82) is 0 Å². The zero-order chi connectivity index (χ0) is 20.5. The van der Waals surface area contributed by atoms with Crippen LogP contribution in [0.15, 0.2) is 91.0 Å². The summed E-state index contributed by atoms with van der Waals surface area (Å²) in [5.41, 5.74) is 12.3. The van der Waals surface area contributed by atoms with E-state index in [-0.39, 0.29) is 0 Å². The first-order valence-corrected chi connectivity index (χ1v) is 10.9. The molecule has 4 aromatic carbocycles. The molecule has 1 nitrogen and oxygen atoms in total. The molecule has 0 unspecified atom stereocenters. The van der Waals surface area contributed by atoms with Gasteiger partial charge in [0.1, 0.15) is 0 Å². The summed E-state index contributed by atoms with van der Waals surface area (Å²) in [6, 6.07) is 33.2. The largest absolute Gasteiger partial charge is 0.372 e. The highest BCUT2D eigenvalue weighted by Gasteiger charge is 2.26. The molecule has 0 N–H and O–H groups in total. The van der Waals surface area contributed by atoms with Crippen molar-refractivity contribution in [3.8, 4) is 33.4 Å². The maximum atomic E-state index is 2.48. The van der Waals surface area contributed by atoms with Crippen LogP contribution in [-0.4, -0.2) is 13.1 Å². The number of rotatable bonds is 5. The number of nitrogens with zero attached hydrogens (tertiary/aromatic N) is 1. The topological polar surface area (TPSA) is 3.24 Å². The molecule has 0 saturated heterocycles. The van der Waals surface area contributed by atoms with Crippen LogP contribution in [0.3, 0.4) is 0 Å². The molecule has 0 spiro atoms. The third kappa shape index (κ3) is 3.11. The van der Waals surface area contributed by atoms with E-state index in [9.17, 15) is 0 Å². The van der Waals surface area contributed by atoms with Gasteiger partial charge in [-0.25, -0.2) is 0 Å². The molecule has 0 aliphatic heterocycles. The predicted octanol–water partition coefficient (Wildman–Crippen LogP) is 7.44. The van der Waals surface area contributed by atoms with Gasteiger partial charge in [0, 0.05) is 25.2 Å². The van der Waals surface area contributed by atoms with Crippen molar-refractivity contribution in [3.05, 3.63) is 102 Å². The van der Waals surface area contributed by atoms with Crippen LogP contribution in [0, 0.1) is 0 Å². The number of benzene rings is 4. The molecule has 1 aliphatic carbocycles. The summed E-state index contributed by atoms with van der Waals surface area (Å²) >= 11 is 0. The second kappa shape index (κ2) is 7.84. The Morgan fingerprint density at radius 1 is 0.567 bits per heavy atom. The normalized spacial score (nSPS) is 11.8. The average Bonchev–Trinajstić information content (AvgIpc) is 3.20. The Balaban J connectivity index is 1.75. The van der Waals surface area contributed by atoms with Crippen LogP contribution in [0.25, 0.3) is 33.4 Å². The van der Waals surface area contributed by atoms with Gasteiger partial charge >= 0.3 is 0 Å². The van der Waals surface area contributed by atoms with Gasteiger partial charge in [-0.3, -0.25) is 0 Å². The van der Waals surface area contributed by atoms with Crippen LogP contribution in [0.4, 0.5) is 5.69 Å². The highest BCUT2D eigenvalue weighted by molar-refractivity contribution is 5.91. The molecule has 0 fully saturated rings. The second-order valence-electron chi connectivity index (χ2n) is 7.93. The molecule has 0 heterocycles. The maximum absolute atomic E-state index is 2.48. The van der Waals surface area contributed by atoms with Crippen LogP contribution in [0.1, 0.15) is 25.0 Å². The van der Waals surface area contributed by atoms with Crippen molar-refractivity contribution in [2.45, 2.75) is 20.3 Å². The van der Waals surface area contributed by atoms with Gasteiger partial charge in [0.25, 0.3) is 0 Å². The highest BCUT2D eigenvalue weighted by Crippen LogP contribution is 2.47. The minimum Gasteiger partial charge on any atom is -0.372 e. The summed E-state index contributed by atoms with van der Waals surface area (Å²) in [7, 11) is 0. The molecule has 4 aromatic rings. The van der Waals surface area contributed by atoms with Gasteiger partial charge in [0.15, 0.2) is 0 Å². The molecular formula is C29H27N. The molecule has 5 rings (SSSR count). The highest BCUT2D eigenvalue weighted by atomic mass is 15.1. The summed E-state index contributed by atoms with van der Waals surface area (Å²) in [5.74, 6) is 0. The maximum Gasteiger partial charge on any atom is 0.0408 e. The smallest absolute Gasteiger partial charge is 0.0408 e. The Morgan fingerprint density at radius 3 is 1.87 bits per heavy atom. The van der Waals surface area contributed by atoms with Gasteiger partial charge < -0.3 is 4.90 Å². The lowest BCUT2D eigenvalue weighted by Gasteiger charge is -2.24. The quantitative estimate of drug-likeness (QED) is 0.302. The number of fused-ring (bicyclic) bond motifs is 3. The number of hydrogen-bond acceptors (Lipinski definition) is 1. The lowest BCUT2D eigenvalue weighted by molar-refractivity contribution is 0.860. The van der Waals surface area contributed by atoms with Crippen LogP contribution in [-0.2, 0) is 6.42 Å². The first-order valence-electron chi connectivity index (χ1n) is 10.9. The van der Waals surface area contributed by atoms with Gasteiger partial charge in [-0.05, 0) is 76.6 Å². The van der Waals surface area contributed by atoms with Crippen LogP contribution in [0.2, 0.25) is 0 Å². The van der Waals surface area contributed by atoms with E-state index in [0.29, 0.717) is 0 Å². The Labute approximate surface area is 179 Å². The Kier molecular flexibility index (Phi) is 4.88. The van der Waals surface area contributed by atoms with E-state index < -0.39 is 0 Å². The summed E-state index contributed by atoms with van der Waals surface area (Å²) in [6.45, 7) is 6.55. The van der Waals surface area contributed by atoms with Gasteiger partial charge in [0.2, 0.25) is 0 Å². The van der Waals surface area contributed by atoms with Gasteiger partial charge in [-0.15, -0.1) is 0 Å². The number of anilines is 1. The van der Waals surface area contributed by atoms with E-state index in [1.54, 1.807) is 0 Å². The molecule has 0 saturated carbocycles. The Bertz CT molecular complexity index is 1170. The van der Waals surface area contributed by atoms with Crippen molar-refractivity contribution in [1.82, 2.24) is 0 Å². The molecule has 0 radical (unpaired) electrons. The molecule has 1 heteroatoms. The van der Waals surface area contributed by atoms with Crippen molar-refractivity contribution >= 4 is 5.69 Å². The van der Waals surface area contributed by atoms with Crippen LogP contribution < -0.4 is 4.90 Å². The number of hydrogen-bond donors (Lipinski definition) is 0. The van der Waals surface area contributed by atoms with E-state index >= 15 is 0 Å². The molecule has 1 aliphatic rings. The Morgan fingerprint density at radius 2 is 1.20 bits per heavy atom. The predicted molar refractivity (Wildman–Crippen MR) is 129 cm³/mol. The molecule has 148 valence electrons. The van der Waals surface area contributed by atoms with Gasteiger partial charge in [-0.2, -0.15) is 0 Å². The van der Waals surface area contributed by atoms with E-state index in [2.05, 4.69) is 110 Å². The van der Waals surface area contributed by atoms with Crippen molar-refractivity contribution in [2.75, 3.05) is 18.0 Å². The third-order valence-corrected chi connectivity index (χ3v) is 6.34. The molecule has 0 aromatic heterocycles. The standard InChI is InChI=1S/C29H27N/c1-3-30(4-2)29-17-11-16-24-26-19-23(21-12-7-5-8-13-21)18-25(27(26)20-28(24)29)22-14-9-6-10-15-22/h5-19H,3-4,20H2,1-2H3. The average molecular weight is 390 g/mol. The fourth-order valence-corrected chi connectivity index (χ4v) is 4.83. The minimum atomic E-state index is 0.997. The van der Waals surface area contributed by atoms with Crippen molar-refractivity contribution < 1.29 is 0 Å². The summed E-state index contributed by atoms with van der Waals surface area (Å²) < 4.78 is 0. The second-order valence-corrected chi connectivity index (χ2v) is 7.93. The Hall–Kier alpha value is -3.32. The summed E-state index contributed by atoms with van der Waals surface area (Å²) in [4.78, 5) is 2.48. The molecule has 0 amide bonds. The summed E-state index contributed by atoms with van der Waals surface area (Å²) in [6.07, 6.45) is 0.997. The van der Waals surface area contributed by atoms with E-state index in [1.165, 1.54) is 50.2 Å². The van der Waals surface area contributed by atoms with Crippen LogP contribution in [0.5, 0.6) is 0 Å². The molecule has 0 atom stereocenters.